The summed E-state index contributed by atoms with van der Waals surface area (Å²) in [5, 5.41) is 0. The van der Waals surface area contributed by atoms with Crippen LogP contribution in [0.5, 0.6) is 0 Å². The summed E-state index contributed by atoms with van der Waals surface area (Å²) in [7, 11) is 0. The lowest BCUT2D eigenvalue weighted by Crippen LogP contribution is -2.30. The predicted octanol–water partition coefficient (Wildman–Crippen LogP) is 16.7. The second kappa shape index (κ2) is 46.5. The van der Waals surface area contributed by atoms with Gasteiger partial charge in [0.1, 0.15) is 13.2 Å². The molecule has 6 heteroatoms. The van der Waals surface area contributed by atoms with E-state index in [2.05, 4.69) is 27.7 Å². The van der Waals surface area contributed by atoms with Crippen molar-refractivity contribution < 1.29 is 28.6 Å². The Balaban J connectivity index is 4.18. The first-order valence-corrected chi connectivity index (χ1v) is 25.9. The fourth-order valence-electron chi connectivity index (χ4n) is 7.86. The number of esters is 3. The summed E-state index contributed by atoms with van der Waals surface area (Å²) in [5.41, 5.74) is 0. The summed E-state index contributed by atoms with van der Waals surface area (Å²) in [6.07, 6.45) is 48.2. The van der Waals surface area contributed by atoms with Crippen molar-refractivity contribution in [1.82, 2.24) is 0 Å². The molecule has 0 rings (SSSR count). The lowest BCUT2D eigenvalue weighted by molar-refractivity contribution is -0.167. The number of hydrogen-bond donors (Lipinski definition) is 0. The van der Waals surface area contributed by atoms with Crippen LogP contribution < -0.4 is 0 Å². The lowest BCUT2D eigenvalue weighted by Gasteiger charge is -2.18. The number of unbranched alkanes of at least 4 members (excludes halogenated alkanes) is 34. The van der Waals surface area contributed by atoms with Gasteiger partial charge in [-0.1, -0.05) is 252 Å². The van der Waals surface area contributed by atoms with Crippen LogP contribution >= 0.6 is 0 Å². The summed E-state index contributed by atoms with van der Waals surface area (Å²) >= 11 is 0. The minimum Gasteiger partial charge on any atom is -0.462 e. The van der Waals surface area contributed by atoms with E-state index >= 15 is 0 Å². The summed E-state index contributed by atoms with van der Waals surface area (Å²) in [5.74, 6) is 0.00107. The van der Waals surface area contributed by atoms with Gasteiger partial charge in [0, 0.05) is 19.3 Å². The quantitative estimate of drug-likeness (QED) is 0.0346. The Morgan fingerprint density at radius 1 is 0.328 bits per heavy atom. The van der Waals surface area contributed by atoms with Crippen LogP contribution in [-0.2, 0) is 28.6 Å². The first kappa shape index (κ1) is 56.4. The molecule has 6 nitrogen and oxygen atoms in total. The smallest absolute Gasteiger partial charge is 0.306 e. The fourth-order valence-corrected chi connectivity index (χ4v) is 7.86. The molecule has 0 aliphatic heterocycles. The van der Waals surface area contributed by atoms with Gasteiger partial charge in [-0.3, -0.25) is 14.4 Å². The van der Waals surface area contributed by atoms with Gasteiger partial charge in [-0.25, -0.2) is 0 Å². The molecule has 0 aromatic carbocycles. The van der Waals surface area contributed by atoms with E-state index in [1.165, 1.54) is 186 Å². The topological polar surface area (TPSA) is 78.9 Å². The maximum atomic E-state index is 12.8. The molecule has 58 heavy (non-hydrogen) atoms. The van der Waals surface area contributed by atoms with Gasteiger partial charge in [-0.05, 0) is 25.2 Å². The molecule has 0 radical (unpaired) electrons. The van der Waals surface area contributed by atoms with E-state index in [1.807, 2.05) is 0 Å². The molecule has 1 atom stereocenters. The van der Waals surface area contributed by atoms with Gasteiger partial charge in [-0.15, -0.1) is 0 Å². The van der Waals surface area contributed by atoms with Gasteiger partial charge >= 0.3 is 17.9 Å². The van der Waals surface area contributed by atoms with Gasteiger partial charge in [-0.2, -0.15) is 0 Å². The monoisotopic (exact) mass is 821 g/mol. The molecule has 0 bridgehead atoms. The Hall–Kier alpha value is -1.59. The molecule has 0 spiro atoms. The van der Waals surface area contributed by atoms with E-state index in [0.29, 0.717) is 19.3 Å². The largest absolute Gasteiger partial charge is 0.462 e. The minimum atomic E-state index is -0.759. The minimum absolute atomic E-state index is 0.0630. The van der Waals surface area contributed by atoms with Crippen LogP contribution in [0.25, 0.3) is 0 Å². The Bertz CT molecular complexity index is 872. The molecule has 0 aliphatic carbocycles. The highest BCUT2D eigenvalue weighted by molar-refractivity contribution is 5.71. The van der Waals surface area contributed by atoms with Crippen molar-refractivity contribution in [2.24, 2.45) is 5.92 Å². The number of rotatable bonds is 47. The highest BCUT2D eigenvalue weighted by atomic mass is 16.6. The average Bonchev–Trinajstić information content (AvgIpc) is 3.21. The zero-order chi connectivity index (χ0) is 42.4. The van der Waals surface area contributed by atoms with Gasteiger partial charge in [0.05, 0.1) is 0 Å². The molecule has 0 aliphatic rings. The van der Waals surface area contributed by atoms with Gasteiger partial charge < -0.3 is 14.2 Å². The molecule has 0 unspecified atom stereocenters. The Kier molecular flexibility index (Phi) is 45.2. The zero-order valence-electron chi connectivity index (χ0n) is 39.5. The first-order chi connectivity index (χ1) is 28.4. The van der Waals surface area contributed by atoms with E-state index in [0.717, 1.165) is 63.7 Å². The molecule has 0 N–H and O–H groups in total. The molecule has 344 valence electrons. The molecule has 0 saturated heterocycles. The average molecular weight is 821 g/mol. The Morgan fingerprint density at radius 3 is 0.845 bits per heavy atom. The summed E-state index contributed by atoms with van der Waals surface area (Å²) in [6, 6.07) is 0. The maximum Gasteiger partial charge on any atom is 0.306 e. The van der Waals surface area contributed by atoms with Crippen molar-refractivity contribution in [2.75, 3.05) is 13.2 Å². The number of carbonyl (C=O) groups is 3. The third-order valence-electron chi connectivity index (χ3n) is 11.8. The fraction of sp³-hybridized carbons (Fsp3) is 0.942. The molecule has 0 aromatic heterocycles. The molecule has 0 fully saturated rings. The highest BCUT2D eigenvalue weighted by Gasteiger charge is 2.19. The second-order valence-corrected chi connectivity index (χ2v) is 18.3. The summed E-state index contributed by atoms with van der Waals surface area (Å²) < 4.78 is 16.7. The Labute approximate surface area is 361 Å². The lowest BCUT2D eigenvalue weighted by atomic mass is 10.0. The molecule has 0 amide bonds. The van der Waals surface area contributed by atoms with Crippen LogP contribution in [0.1, 0.15) is 291 Å². The van der Waals surface area contributed by atoms with Crippen LogP contribution in [0.3, 0.4) is 0 Å². The van der Waals surface area contributed by atoms with Crippen LogP contribution in [-0.4, -0.2) is 37.2 Å². The van der Waals surface area contributed by atoms with Crippen molar-refractivity contribution in [3.63, 3.8) is 0 Å². The SMILES string of the molecule is CCCCCCCCCCCCCCCCC(=O)OC[C@@H](COC(=O)CCCCCCCCC)OC(=O)CCCCCCCCCCCCCCCCCCC(C)C. The molecule has 0 saturated carbocycles. The zero-order valence-corrected chi connectivity index (χ0v) is 39.5. The molecule has 0 aromatic rings. The highest BCUT2D eigenvalue weighted by Crippen LogP contribution is 2.17. The third kappa shape index (κ3) is 45.5. The van der Waals surface area contributed by atoms with Crippen molar-refractivity contribution in [3.8, 4) is 0 Å². The molecular formula is C52H100O6. The molecular weight excluding hydrogens is 721 g/mol. The third-order valence-corrected chi connectivity index (χ3v) is 11.8. The molecule has 0 heterocycles. The number of carbonyl (C=O) groups excluding carboxylic acids is 3. The van der Waals surface area contributed by atoms with Crippen LogP contribution in [0.2, 0.25) is 0 Å². The van der Waals surface area contributed by atoms with Crippen molar-refractivity contribution in [1.29, 1.82) is 0 Å². The van der Waals surface area contributed by atoms with Crippen LogP contribution in [0.15, 0.2) is 0 Å². The van der Waals surface area contributed by atoms with Gasteiger partial charge in [0.25, 0.3) is 0 Å². The van der Waals surface area contributed by atoms with E-state index in [1.54, 1.807) is 0 Å². The van der Waals surface area contributed by atoms with Crippen molar-refractivity contribution in [2.45, 2.75) is 297 Å². The van der Waals surface area contributed by atoms with Gasteiger partial charge in [0.15, 0.2) is 6.10 Å². The van der Waals surface area contributed by atoms with Crippen LogP contribution in [0, 0.1) is 5.92 Å². The Morgan fingerprint density at radius 2 is 0.569 bits per heavy atom. The second-order valence-electron chi connectivity index (χ2n) is 18.3. The number of hydrogen-bond acceptors (Lipinski definition) is 6. The van der Waals surface area contributed by atoms with Gasteiger partial charge in [0.2, 0.25) is 0 Å². The summed E-state index contributed by atoms with van der Waals surface area (Å²) in [6.45, 7) is 9.00. The predicted molar refractivity (Wildman–Crippen MR) is 247 cm³/mol. The van der Waals surface area contributed by atoms with E-state index in [-0.39, 0.29) is 31.1 Å². The van der Waals surface area contributed by atoms with E-state index in [9.17, 15) is 14.4 Å². The van der Waals surface area contributed by atoms with Crippen molar-refractivity contribution >= 4 is 17.9 Å². The standard InChI is InChI=1S/C52H100O6/c1-5-7-9-11-13-14-15-16-22-25-28-32-36-40-44-51(54)57-47-49(46-56-50(53)43-39-35-30-12-10-8-6-2)58-52(55)45-41-37-33-29-26-23-20-18-17-19-21-24-27-31-34-38-42-48(3)4/h48-49H,5-47H2,1-4H3/t49-/m1/s1. The van der Waals surface area contributed by atoms with E-state index < -0.39 is 6.10 Å². The number of ether oxygens (including phenoxy) is 3. The van der Waals surface area contributed by atoms with Crippen LogP contribution in [0.4, 0.5) is 0 Å². The summed E-state index contributed by atoms with van der Waals surface area (Å²) in [4.78, 5) is 37.8. The normalized spacial score (nSPS) is 11.9. The maximum absolute atomic E-state index is 12.8. The van der Waals surface area contributed by atoms with Crippen molar-refractivity contribution in [3.05, 3.63) is 0 Å². The van der Waals surface area contributed by atoms with E-state index in [4.69, 9.17) is 14.2 Å². The first-order valence-electron chi connectivity index (χ1n) is 25.9.